The highest BCUT2D eigenvalue weighted by Gasteiger charge is 2.35. The van der Waals surface area contributed by atoms with Gasteiger partial charge in [0.25, 0.3) is 0 Å². The van der Waals surface area contributed by atoms with Crippen molar-refractivity contribution in [2.75, 3.05) is 6.54 Å². The van der Waals surface area contributed by atoms with Gasteiger partial charge in [0, 0.05) is 18.3 Å². The Bertz CT molecular complexity index is 396. The molecule has 0 N–H and O–H groups in total. The fraction of sp³-hybridized carbons (Fsp3) is 0.412. The van der Waals surface area contributed by atoms with Gasteiger partial charge in [-0.3, -0.25) is 0 Å². The maximum absolute atomic E-state index is 4.13. The van der Waals surface area contributed by atoms with Gasteiger partial charge in [0.15, 0.2) is 0 Å². The zero-order valence-corrected chi connectivity index (χ0v) is 11.9. The van der Waals surface area contributed by atoms with Gasteiger partial charge in [0.2, 0.25) is 0 Å². The first kappa shape index (κ1) is 14.6. The van der Waals surface area contributed by atoms with Crippen molar-refractivity contribution < 1.29 is 0 Å². The summed E-state index contributed by atoms with van der Waals surface area (Å²) < 4.78 is 0. The van der Waals surface area contributed by atoms with Crippen LogP contribution >= 0.6 is 0 Å². The van der Waals surface area contributed by atoms with E-state index in [4.69, 9.17) is 0 Å². The van der Waals surface area contributed by atoms with Gasteiger partial charge in [-0.05, 0) is 37.0 Å². The summed E-state index contributed by atoms with van der Waals surface area (Å²) in [6.07, 6.45) is 12.7. The molecule has 1 unspecified atom stereocenters. The molecule has 2 aliphatic heterocycles. The highest BCUT2D eigenvalue weighted by molar-refractivity contribution is 5.40. The van der Waals surface area contributed by atoms with Crippen molar-refractivity contribution in [1.82, 2.24) is 4.90 Å². The van der Waals surface area contributed by atoms with Gasteiger partial charge in [0.1, 0.15) is 0 Å². The van der Waals surface area contributed by atoms with Gasteiger partial charge in [-0.2, -0.15) is 0 Å². The van der Waals surface area contributed by atoms with E-state index in [1.54, 1.807) is 0 Å². The lowest BCUT2D eigenvalue weighted by molar-refractivity contribution is 0.374. The molecule has 2 heterocycles. The van der Waals surface area contributed by atoms with Gasteiger partial charge < -0.3 is 4.90 Å². The molecule has 0 bridgehead atoms. The Labute approximate surface area is 112 Å². The van der Waals surface area contributed by atoms with Gasteiger partial charge >= 0.3 is 0 Å². The molecule has 1 atom stereocenters. The molecule has 1 nitrogen and oxygen atoms in total. The van der Waals surface area contributed by atoms with Crippen LogP contribution in [0.5, 0.6) is 0 Å². The third kappa shape index (κ3) is 3.04. The molecule has 0 saturated carbocycles. The molecule has 2 aliphatic rings. The van der Waals surface area contributed by atoms with E-state index in [0.717, 1.165) is 13.0 Å². The van der Waals surface area contributed by atoms with Crippen LogP contribution in [0.1, 0.15) is 33.6 Å². The van der Waals surface area contributed by atoms with E-state index in [1.165, 1.54) is 23.3 Å². The minimum absolute atomic E-state index is 0.634. The molecule has 2 saturated heterocycles. The number of hydrogen-bond acceptors (Lipinski definition) is 1. The molecule has 0 aliphatic carbocycles. The molecule has 2 fully saturated rings. The van der Waals surface area contributed by atoms with E-state index in [9.17, 15) is 0 Å². The molecule has 0 spiro atoms. The van der Waals surface area contributed by atoms with Crippen LogP contribution < -0.4 is 0 Å². The van der Waals surface area contributed by atoms with Gasteiger partial charge in [-0.15, -0.1) is 0 Å². The number of fused-ring (bicyclic) bond motifs is 1. The SMILES string of the molecule is C=C/C=C1\C(=C)CC2C/C(=C/C=C\C)CN12.CC. The Kier molecular flexibility index (Phi) is 5.70. The van der Waals surface area contributed by atoms with E-state index in [-0.39, 0.29) is 0 Å². The topological polar surface area (TPSA) is 3.24 Å². The second kappa shape index (κ2) is 7.05. The zero-order valence-electron chi connectivity index (χ0n) is 11.9. The summed E-state index contributed by atoms with van der Waals surface area (Å²) >= 11 is 0. The predicted octanol–water partition coefficient (Wildman–Crippen LogP) is 4.62. The molecule has 1 heteroatoms. The highest BCUT2D eigenvalue weighted by Crippen LogP contribution is 2.39. The van der Waals surface area contributed by atoms with Crippen LogP contribution in [0.3, 0.4) is 0 Å². The molecule has 0 aromatic heterocycles. The van der Waals surface area contributed by atoms with Crippen LogP contribution in [-0.2, 0) is 0 Å². The highest BCUT2D eigenvalue weighted by atomic mass is 15.2. The molecular formula is C17H25N. The first-order chi connectivity index (χ1) is 8.76. The summed E-state index contributed by atoms with van der Waals surface area (Å²) in [5.74, 6) is 0. The van der Waals surface area contributed by atoms with E-state index in [1.807, 2.05) is 19.9 Å². The van der Waals surface area contributed by atoms with E-state index in [0.29, 0.717) is 6.04 Å². The molecule has 98 valence electrons. The number of hydrogen-bond donors (Lipinski definition) is 0. The molecule has 0 amide bonds. The second-order valence-corrected chi connectivity index (χ2v) is 4.43. The van der Waals surface area contributed by atoms with Gasteiger partial charge in [-0.25, -0.2) is 0 Å². The van der Waals surface area contributed by atoms with Crippen molar-refractivity contribution in [3.8, 4) is 0 Å². The van der Waals surface area contributed by atoms with Crippen LogP contribution in [-0.4, -0.2) is 17.5 Å². The van der Waals surface area contributed by atoms with Crippen molar-refractivity contribution in [3.63, 3.8) is 0 Å². The molecule has 0 radical (unpaired) electrons. The van der Waals surface area contributed by atoms with E-state index in [2.05, 4.69) is 49.3 Å². The Balaban J connectivity index is 0.000000771. The van der Waals surface area contributed by atoms with Crippen LogP contribution in [0, 0.1) is 0 Å². The van der Waals surface area contributed by atoms with Crippen molar-refractivity contribution >= 4 is 0 Å². The number of nitrogens with zero attached hydrogens (tertiary/aromatic N) is 1. The van der Waals surface area contributed by atoms with E-state index >= 15 is 0 Å². The van der Waals surface area contributed by atoms with Crippen molar-refractivity contribution in [2.24, 2.45) is 0 Å². The van der Waals surface area contributed by atoms with Crippen LogP contribution in [0.4, 0.5) is 0 Å². The van der Waals surface area contributed by atoms with Crippen LogP contribution in [0.15, 0.2) is 60.4 Å². The quantitative estimate of drug-likeness (QED) is 0.684. The molecular weight excluding hydrogens is 218 g/mol. The van der Waals surface area contributed by atoms with Crippen molar-refractivity contribution in [1.29, 1.82) is 0 Å². The standard InChI is InChI=1S/C15H19N.C2H6/c1-4-6-8-13-10-14-9-12(3)15(7-5-2)16(14)11-13;1-2/h4-8,14H,2-3,9-11H2,1H3;1-2H3/b6-4-,13-8-,15-7+;. The second-order valence-electron chi connectivity index (χ2n) is 4.43. The maximum atomic E-state index is 4.13. The molecule has 0 aromatic carbocycles. The Morgan fingerprint density at radius 3 is 2.56 bits per heavy atom. The third-order valence-corrected chi connectivity index (χ3v) is 3.27. The minimum Gasteiger partial charge on any atom is -0.364 e. The molecule has 18 heavy (non-hydrogen) atoms. The summed E-state index contributed by atoms with van der Waals surface area (Å²) in [5, 5.41) is 0. The lowest BCUT2D eigenvalue weighted by atomic mass is 10.1. The smallest absolute Gasteiger partial charge is 0.0399 e. The number of rotatable bonds is 2. The summed E-state index contributed by atoms with van der Waals surface area (Å²) in [6, 6.07) is 0.634. The lowest BCUT2D eigenvalue weighted by Gasteiger charge is -2.18. The fourth-order valence-electron chi connectivity index (χ4n) is 2.56. The fourth-order valence-corrected chi connectivity index (χ4v) is 2.56. The average molecular weight is 243 g/mol. The lowest BCUT2D eigenvalue weighted by Crippen LogP contribution is -2.20. The summed E-state index contributed by atoms with van der Waals surface area (Å²) in [4.78, 5) is 2.46. The van der Waals surface area contributed by atoms with Crippen LogP contribution in [0.2, 0.25) is 0 Å². The first-order valence-corrected chi connectivity index (χ1v) is 6.84. The third-order valence-electron chi connectivity index (χ3n) is 3.27. The largest absolute Gasteiger partial charge is 0.364 e. The minimum atomic E-state index is 0.634. The zero-order chi connectivity index (χ0) is 13.5. The summed E-state index contributed by atoms with van der Waals surface area (Å²) in [5.41, 5.74) is 4.06. The maximum Gasteiger partial charge on any atom is 0.0399 e. The Morgan fingerprint density at radius 2 is 1.94 bits per heavy atom. The normalized spacial score (nSPS) is 26.7. The van der Waals surface area contributed by atoms with E-state index < -0.39 is 0 Å². The molecule has 2 rings (SSSR count). The summed E-state index contributed by atoms with van der Waals surface area (Å²) in [6.45, 7) is 15.0. The van der Waals surface area contributed by atoms with Gasteiger partial charge in [-0.1, -0.05) is 51.3 Å². The Hall–Kier alpha value is -1.50. The van der Waals surface area contributed by atoms with Crippen molar-refractivity contribution in [3.05, 3.63) is 60.4 Å². The number of allylic oxidation sites excluding steroid dienone is 6. The van der Waals surface area contributed by atoms with Crippen LogP contribution in [0.25, 0.3) is 0 Å². The summed E-state index contributed by atoms with van der Waals surface area (Å²) in [7, 11) is 0. The predicted molar refractivity (Wildman–Crippen MR) is 81.4 cm³/mol. The monoisotopic (exact) mass is 243 g/mol. The average Bonchev–Trinajstić information content (AvgIpc) is 2.89. The van der Waals surface area contributed by atoms with Crippen molar-refractivity contribution in [2.45, 2.75) is 39.7 Å². The first-order valence-electron chi connectivity index (χ1n) is 6.84. The Morgan fingerprint density at radius 1 is 1.22 bits per heavy atom. The molecule has 0 aromatic rings. The van der Waals surface area contributed by atoms with Gasteiger partial charge in [0.05, 0.1) is 0 Å².